The Morgan fingerprint density at radius 1 is 0.688 bits per heavy atom. The van der Waals surface area contributed by atoms with E-state index in [4.69, 9.17) is 11.6 Å². The van der Waals surface area contributed by atoms with Crippen LogP contribution in [0.1, 0.15) is 93.2 Å². The van der Waals surface area contributed by atoms with E-state index in [2.05, 4.69) is 70.5 Å². The van der Waals surface area contributed by atoms with Crippen LogP contribution >= 0.6 is 11.6 Å². The lowest BCUT2D eigenvalue weighted by Crippen LogP contribution is -2.26. The van der Waals surface area contributed by atoms with Gasteiger partial charge in [0.1, 0.15) is 11.0 Å². The zero-order chi connectivity index (χ0) is 23.4. The first-order valence-electron chi connectivity index (χ1n) is 11.3. The molecule has 0 amide bonds. The van der Waals surface area contributed by atoms with E-state index in [0.717, 1.165) is 27.1 Å². The van der Waals surface area contributed by atoms with E-state index < -0.39 is 11.0 Å². The summed E-state index contributed by atoms with van der Waals surface area (Å²) >= 11 is 6.14. The second-order valence-corrected chi connectivity index (χ2v) is 10.9. The third-order valence-corrected chi connectivity index (χ3v) is 7.37. The van der Waals surface area contributed by atoms with Crippen LogP contribution in [0.4, 0.5) is 0 Å². The zero-order valence-corrected chi connectivity index (χ0v) is 21.4. The van der Waals surface area contributed by atoms with Crippen LogP contribution in [-0.2, 0) is 11.0 Å². The summed E-state index contributed by atoms with van der Waals surface area (Å²) < 4.78 is 17.4. The Morgan fingerprint density at radius 2 is 1.19 bits per heavy atom. The third-order valence-electron chi connectivity index (χ3n) is 5.83. The van der Waals surface area contributed by atoms with Gasteiger partial charge in [0, 0.05) is 5.02 Å². The zero-order valence-electron chi connectivity index (χ0n) is 19.9. The first kappa shape index (κ1) is 24.7. The van der Waals surface area contributed by atoms with Gasteiger partial charge in [-0.15, -0.1) is 0 Å². The number of hydrogen-bond donors (Lipinski definition) is 1. The van der Waals surface area contributed by atoms with Crippen LogP contribution in [0.2, 0.25) is 5.02 Å². The number of rotatable bonds is 8. The SMILES string of the molecule is CC(C)c1cc(C(C)C)c(S(=O)N[C@@H](c2ccccc2)c2ccc(Cl)cc2)c(C(C)C)c1. The summed E-state index contributed by atoms with van der Waals surface area (Å²) in [7, 11) is -1.39. The molecule has 1 unspecified atom stereocenters. The van der Waals surface area contributed by atoms with Gasteiger partial charge in [-0.3, -0.25) is 0 Å². The summed E-state index contributed by atoms with van der Waals surface area (Å²) in [6, 6.07) is 22.2. The monoisotopic (exact) mass is 467 g/mol. The quantitative estimate of drug-likeness (QED) is 0.356. The van der Waals surface area contributed by atoms with Crippen molar-refractivity contribution in [2.45, 2.75) is 70.2 Å². The molecule has 0 heterocycles. The highest BCUT2D eigenvalue weighted by Crippen LogP contribution is 2.35. The van der Waals surface area contributed by atoms with Gasteiger partial charge in [-0.1, -0.05) is 108 Å². The van der Waals surface area contributed by atoms with E-state index in [1.807, 2.05) is 42.5 Å². The van der Waals surface area contributed by atoms with Crippen molar-refractivity contribution in [3.05, 3.63) is 99.6 Å². The minimum absolute atomic E-state index is 0.209. The summed E-state index contributed by atoms with van der Waals surface area (Å²) in [4.78, 5) is 0.925. The maximum atomic E-state index is 14.0. The molecule has 0 bridgehead atoms. The molecule has 0 aliphatic heterocycles. The first-order chi connectivity index (χ1) is 15.2. The van der Waals surface area contributed by atoms with Crippen molar-refractivity contribution in [3.8, 4) is 0 Å². The van der Waals surface area contributed by atoms with Crippen LogP contribution < -0.4 is 4.72 Å². The Kier molecular flexibility index (Phi) is 8.32. The summed E-state index contributed by atoms with van der Waals surface area (Å²) in [5, 5.41) is 0.690. The van der Waals surface area contributed by atoms with Crippen LogP contribution in [0.25, 0.3) is 0 Å². The molecule has 32 heavy (non-hydrogen) atoms. The van der Waals surface area contributed by atoms with Crippen molar-refractivity contribution in [2.75, 3.05) is 0 Å². The van der Waals surface area contributed by atoms with Crippen molar-refractivity contribution in [1.82, 2.24) is 4.72 Å². The summed E-state index contributed by atoms with van der Waals surface area (Å²) in [6.45, 7) is 13.1. The van der Waals surface area contributed by atoms with Gasteiger partial charge in [0.05, 0.1) is 10.9 Å². The van der Waals surface area contributed by atoms with E-state index in [-0.39, 0.29) is 17.9 Å². The van der Waals surface area contributed by atoms with Gasteiger partial charge >= 0.3 is 0 Å². The van der Waals surface area contributed by atoms with Crippen molar-refractivity contribution in [1.29, 1.82) is 0 Å². The molecule has 0 saturated carbocycles. The van der Waals surface area contributed by atoms with E-state index in [1.165, 1.54) is 5.56 Å². The molecule has 2 atom stereocenters. The number of benzene rings is 3. The molecule has 3 rings (SSSR count). The van der Waals surface area contributed by atoms with Crippen molar-refractivity contribution >= 4 is 22.6 Å². The Bertz CT molecular complexity index is 1030. The molecule has 0 aromatic heterocycles. The number of nitrogens with one attached hydrogen (secondary N) is 1. The van der Waals surface area contributed by atoms with Gasteiger partial charge in [0.25, 0.3) is 0 Å². The Morgan fingerprint density at radius 3 is 1.66 bits per heavy atom. The van der Waals surface area contributed by atoms with Crippen molar-refractivity contribution in [2.24, 2.45) is 0 Å². The molecule has 0 aliphatic rings. The molecule has 0 spiro atoms. The summed E-state index contributed by atoms with van der Waals surface area (Å²) in [6.07, 6.45) is 0. The number of halogens is 1. The smallest absolute Gasteiger partial charge is 0.126 e. The molecule has 170 valence electrons. The van der Waals surface area contributed by atoms with Gasteiger partial charge in [0.2, 0.25) is 0 Å². The standard InChI is InChI=1S/C28H34ClNOS/c1-18(2)23-16-25(19(3)4)28(26(17-23)20(5)6)32(31)30-27(21-10-8-7-9-11-21)22-12-14-24(29)15-13-22/h7-20,27,30H,1-6H3/t27-,32?/m0/s1. The molecule has 0 saturated heterocycles. The Hall–Kier alpha value is -1.94. The highest BCUT2D eigenvalue weighted by atomic mass is 35.5. The lowest BCUT2D eigenvalue weighted by Gasteiger charge is -2.25. The molecular formula is C28H34ClNOS. The van der Waals surface area contributed by atoms with Gasteiger partial charge < -0.3 is 0 Å². The van der Waals surface area contributed by atoms with Gasteiger partial charge in [0.15, 0.2) is 0 Å². The fraction of sp³-hybridized carbons (Fsp3) is 0.357. The molecule has 0 radical (unpaired) electrons. The van der Waals surface area contributed by atoms with E-state index in [9.17, 15) is 4.21 Å². The minimum Gasteiger partial charge on any atom is -0.237 e. The van der Waals surface area contributed by atoms with Gasteiger partial charge in [-0.2, -0.15) is 0 Å². The average molecular weight is 468 g/mol. The third kappa shape index (κ3) is 5.70. The molecule has 2 nitrogen and oxygen atoms in total. The van der Waals surface area contributed by atoms with Gasteiger partial charge in [-0.25, -0.2) is 8.93 Å². The van der Waals surface area contributed by atoms with Gasteiger partial charge in [-0.05, 0) is 57.7 Å². The molecule has 3 aromatic carbocycles. The fourth-order valence-corrected chi connectivity index (χ4v) is 5.65. The van der Waals surface area contributed by atoms with Crippen LogP contribution in [0.15, 0.2) is 71.6 Å². The minimum atomic E-state index is -1.39. The fourth-order valence-electron chi connectivity index (χ4n) is 3.90. The van der Waals surface area contributed by atoms with Crippen molar-refractivity contribution in [3.63, 3.8) is 0 Å². The average Bonchev–Trinajstić information content (AvgIpc) is 2.77. The van der Waals surface area contributed by atoms with Crippen molar-refractivity contribution < 1.29 is 4.21 Å². The molecular weight excluding hydrogens is 434 g/mol. The largest absolute Gasteiger partial charge is 0.237 e. The van der Waals surface area contributed by atoms with E-state index in [0.29, 0.717) is 10.9 Å². The second kappa shape index (κ2) is 10.8. The highest BCUT2D eigenvalue weighted by molar-refractivity contribution is 7.83. The van der Waals surface area contributed by atoms with Crippen LogP contribution in [0.5, 0.6) is 0 Å². The Balaban J connectivity index is 2.11. The predicted molar refractivity (Wildman–Crippen MR) is 138 cm³/mol. The summed E-state index contributed by atoms with van der Waals surface area (Å²) in [5.41, 5.74) is 5.72. The predicted octanol–water partition coefficient (Wildman–Crippen LogP) is 8.11. The van der Waals surface area contributed by atoms with E-state index >= 15 is 0 Å². The lowest BCUT2D eigenvalue weighted by atomic mass is 9.89. The molecule has 1 N–H and O–H groups in total. The lowest BCUT2D eigenvalue weighted by molar-refractivity contribution is 0.653. The molecule has 4 heteroatoms. The molecule has 0 fully saturated rings. The molecule has 0 aliphatic carbocycles. The van der Waals surface area contributed by atoms with Crippen LogP contribution in [0, 0.1) is 0 Å². The molecule has 3 aromatic rings. The highest BCUT2D eigenvalue weighted by Gasteiger charge is 2.24. The maximum Gasteiger partial charge on any atom is 0.126 e. The number of hydrogen-bond acceptors (Lipinski definition) is 1. The summed E-state index contributed by atoms with van der Waals surface area (Å²) in [5.74, 6) is 0.974. The topological polar surface area (TPSA) is 29.1 Å². The van der Waals surface area contributed by atoms with E-state index in [1.54, 1.807) is 0 Å². The van der Waals surface area contributed by atoms with Crippen LogP contribution in [-0.4, -0.2) is 4.21 Å². The second-order valence-electron chi connectivity index (χ2n) is 9.27. The Labute approximate surface area is 201 Å². The maximum absolute atomic E-state index is 14.0. The normalized spacial score (nSPS) is 13.7. The van der Waals surface area contributed by atoms with Crippen LogP contribution in [0.3, 0.4) is 0 Å². The first-order valence-corrected chi connectivity index (χ1v) is 12.9.